The molecular weight excluding hydrogens is 266 g/mol. The molecule has 0 atom stereocenters. The third-order valence-electron chi connectivity index (χ3n) is 2.44. The summed E-state index contributed by atoms with van der Waals surface area (Å²) in [6.45, 7) is 1.13. The standard InChI is InChI=1S/C12H13N3O3S/c16-11(17)9-3-8-19-10(9)14-12(18)13-4-7-15-5-1-2-6-15/h1-3,5-6,8H,4,7H2,(H,16,17)(H2,13,14,18). The zero-order valence-corrected chi connectivity index (χ0v) is 10.8. The van der Waals surface area contributed by atoms with Crippen molar-refractivity contribution in [2.75, 3.05) is 11.9 Å². The van der Waals surface area contributed by atoms with Crippen LogP contribution in [-0.2, 0) is 6.54 Å². The quantitative estimate of drug-likeness (QED) is 0.783. The Morgan fingerprint density at radius 1 is 1.32 bits per heavy atom. The summed E-state index contributed by atoms with van der Waals surface area (Å²) < 4.78 is 1.94. The molecular formula is C12H13N3O3S. The first-order valence-electron chi connectivity index (χ1n) is 5.63. The maximum atomic E-state index is 11.6. The molecule has 0 saturated heterocycles. The highest BCUT2D eigenvalue weighted by atomic mass is 32.1. The van der Waals surface area contributed by atoms with E-state index in [9.17, 15) is 9.59 Å². The van der Waals surface area contributed by atoms with Crippen LogP contribution >= 0.6 is 11.3 Å². The Balaban J connectivity index is 1.81. The average Bonchev–Trinajstić information content (AvgIpc) is 2.99. The van der Waals surface area contributed by atoms with Gasteiger partial charge in [0.1, 0.15) is 5.00 Å². The second-order valence-electron chi connectivity index (χ2n) is 3.77. The van der Waals surface area contributed by atoms with Gasteiger partial charge in [0, 0.05) is 25.5 Å². The number of aromatic nitrogens is 1. The SMILES string of the molecule is O=C(NCCn1cccc1)Nc1sccc1C(=O)O. The first kappa shape index (κ1) is 13.2. The summed E-state index contributed by atoms with van der Waals surface area (Å²) >= 11 is 1.18. The van der Waals surface area contributed by atoms with E-state index in [1.807, 2.05) is 29.1 Å². The van der Waals surface area contributed by atoms with Gasteiger partial charge in [0.25, 0.3) is 0 Å². The second-order valence-corrected chi connectivity index (χ2v) is 4.69. The molecule has 0 unspecified atom stereocenters. The fraction of sp³-hybridized carbons (Fsp3) is 0.167. The van der Waals surface area contributed by atoms with Gasteiger partial charge in [-0.2, -0.15) is 0 Å². The van der Waals surface area contributed by atoms with E-state index in [4.69, 9.17) is 5.11 Å². The lowest BCUT2D eigenvalue weighted by Gasteiger charge is -2.07. The average molecular weight is 279 g/mol. The zero-order chi connectivity index (χ0) is 13.7. The van der Waals surface area contributed by atoms with Crippen LogP contribution in [0.15, 0.2) is 36.0 Å². The number of nitrogens with zero attached hydrogens (tertiary/aromatic N) is 1. The first-order chi connectivity index (χ1) is 9.16. The molecule has 0 radical (unpaired) electrons. The number of aromatic carboxylic acids is 1. The van der Waals surface area contributed by atoms with Gasteiger partial charge < -0.3 is 15.0 Å². The molecule has 0 fully saturated rings. The van der Waals surface area contributed by atoms with E-state index in [1.165, 1.54) is 17.4 Å². The Kier molecular flexibility index (Phi) is 4.19. The van der Waals surface area contributed by atoms with E-state index in [0.717, 1.165) is 0 Å². The second kappa shape index (κ2) is 6.05. The van der Waals surface area contributed by atoms with Gasteiger partial charge in [-0.1, -0.05) is 0 Å². The number of nitrogens with one attached hydrogen (secondary N) is 2. The summed E-state index contributed by atoms with van der Waals surface area (Å²) in [5.41, 5.74) is 0.102. The lowest BCUT2D eigenvalue weighted by Crippen LogP contribution is -2.31. The van der Waals surface area contributed by atoms with Crippen LogP contribution in [0.3, 0.4) is 0 Å². The number of rotatable bonds is 5. The number of hydrogen-bond acceptors (Lipinski definition) is 3. The summed E-state index contributed by atoms with van der Waals surface area (Å²) in [5, 5.41) is 16.1. The molecule has 2 heterocycles. The van der Waals surface area contributed by atoms with Crippen LogP contribution < -0.4 is 10.6 Å². The van der Waals surface area contributed by atoms with Crippen molar-refractivity contribution in [2.24, 2.45) is 0 Å². The van der Waals surface area contributed by atoms with Crippen molar-refractivity contribution in [3.8, 4) is 0 Å². The van der Waals surface area contributed by atoms with Crippen molar-refractivity contribution in [1.29, 1.82) is 0 Å². The number of carboxylic acids is 1. The van der Waals surface area contributed by atoms with Gasteiger partial charge in [-0.3, -0.25) is 5.32 Å². The van der Waals surface area contributed by atoms with Crippen LogP contribution in [0.25, 0.3) is 0 Å². The molecule has 0 aliphatic carbocycles. The fourth-order valence-corrected chi connectivity index (χ4v) is 2.31. The minimum atomic E-state index is -1.05. The Morgan fingerprint density at radius 3 is 2.74 bits per heavy atom. The predicted octanol–water partition coefficient (Wildman–Crippen LogP) is 2.07. The van der Waals surface area contributed by atoms with Crippen LogP contribution in [0.4, 0.5) is 9.80 Å². The lowest BCUT2D eigenvalue weighted by atomic mass is 10.3. The number of carbonyl (C=O) groups is 2. The van der Waals surface area contributed by atoms with Crippen molar-refractivity contribution in [3.63, 3.8) is 0 Å². The molecule has 7 heteroatoms. The van der Waals surface area contributed by atoms with Gasteiger partial charge >= 0.3 is 12.0 Å². The van der Waals surface area contributed by atoms with E-state index in [2.05, 4.69) is 10.6 Å². The van der Waals surface area contributed by atoms with Crippen LogP contribution in [0.2, 0.25) is 0 Å². The molecule has 3 N–H and O–H groups in total. The van der Waals surface area contributed by atoms with Crippen molar-refractivity contribution < 1.29 is 14.7 Å². The number of carbonyl (C=O) groups excluding carboxylic acids is 1. The minimum Gasteiger partial charge on any atom is -0.478 e. The first-order valence-corrected chi connectivity index (χ1v) is 6.51. The number of carboxylic acid groups (broad SMARTS) is 1. The van der Waals surface area contributed by atoms with E-state index in [-0.39, 0.29) is 5.56 Å². The monoisotopic (exact) mass is 279 g/mol. The highest BCUT2D eigenvalue weighted by Gasteiger charge is 2.13. The largest absolute Gasteiger partial charge is 0.478 e. The molecule has 2 aromatic rings. The van der Waals surface area contributed by atoms with Gasteiger partial charge in [0.15, 0.2) is 0 Å². The molecule has 2 amide bonds. The van der Waals surface area contributed by atoms with E-state index in [0.29, 0.717) is 18.1 Å². The Hall–Kier alpha value is -2.28. The van der Waals surface area contributed by atoms with Crippen molar-refractivity contribution in [1.82, 2.24) is 9.88 Å². The summed E-state index contributed by atoms with van der Waals surface area (Å²) in [7, 11) is 0. The number of amides is 2. The molecule has 19 heavy (non-hydrogen) atoms. The molecule has 0 bridgehead atoms. The van der Waals surface area contributed by atoms with Gasteiger partial charge in [-0.25, -0.2) is 9.59 Å². The Morgan fingerprint density at radius 2 is 2.05 bits per heavy atom. The zero-order valence-electron chi connectivity index (χ0n) is 10.00. The molecule has 0 spiro atoms. The van der Waals surface area contributed by atoms with Gasteiger partial charge in [0.05, 0.1) is 5.56 Å². The molecule has 2 rings (SSSR count). The topological polar surface area (TPSA) is 83.4 Å². The van der Waals surface area contributed by atoms with Crippen LogP contribution in [0.1, 0.15) is 10.4 Å². The normalized spacial score (nSPS) is 10.1. The molecule has 0 aliphatic heterocycles. The molecule has 0 aliphatic rings. The van der Waals surface area contributed by atoms with Crippen molar-refractivity contribution in [2.45, 2.75) is 6.54 Å². The maximum absolute atomic E-state index is 11.6. The molecule has 6 nitrogen and oxygen atoms in total. The third-order valence-corrected chi connectivity index (χ3v) is 3.27. The number of thiophene rings is 1. The van der Waals surface area contributed by atoms with Crippen LogP contribution in [0, 0.1) is 0 Å². The summed E-state index contributed by atoms with van der Waals surface area (Å²) in [6, 6.07) is 4.87. The van der Waals surface area contributed by atoms with Crippen molar-refractivity contribution >= 4 is 28.3 Å². The third kappa shape index (κ3) is 3.59. The van der Waals surface area contributed by atoms with Gasteiger partial charge in [0.2, 0.25) is 0 Å². The predicted molar refractivity (Wildman–Crippen MR) is 72.7 cm³/mol. The van der Waals surface area contributed by atoms with E-state index >= 15 is 0 Å². The number of urea groups is 1. The summed E-state index contributed by atoms with van der Waals surface area (Å²) in [6.07, 6.45) is 3.81. The van der Waals surface area contributed by atoms with Crippen LogP contribution in [0.5, 0.6) is 0 Å². The summed E-state index contributed by atoms with van der Waals surface area (Å²) in [4.78, 5) is 22.5. The number of hydrogen-bond donors (Lipinski definition) is 3. The van der Waals surface area contributed by atoms with Gasteiger partial charge in [-0.15, -0.1) is 11.3 Å². The van der Waals surface area contributed by atoms with E-state index in [1.54, 1.807) is 5.38 Å². The van der Waals surface area contributed by atoms with Crippen LogP contribution in [-0.4, -0.2) is 28.2 Å². The molecule has 2 aromatic heterocycles. The van der Waals surface area contributed by atoms with Crippen molar-refractivity contribution in [3.05, 3.63) is 41.5 Å². The Bertz CT molecular complexity index is 563. The molecule has 0 aromatic carbocycles. The van der Waals surface area contributed by atoms with Gasteiger partial charge in [-0.05, 0) is 23.6 Å². The number of anilines is 1. The lowest BCUT2D eigenvalue weighted by molar-refractivity contribution is 0.0698. The highest BCUT2D eigenvalue weighted by molar-refractivity contribution is 7.14. The summed E-state index contributed by atoms with van der Waals surface area (Å²) in [5.74, 6) is -1.05. The molecule has 0 saturated carbocycles. The van der Waals surface area contributed by atoms with E-state index < -0.39 is 12.0 Å². The fourth-order valence-electron chi connectivity index (χ4n) is 1.54. The Labute approximate surface area is 113 Å². The maximum Gasteiger partial charge on any atom is 0.338 e. The smallest absolute Gasteiger partial charge is 0.338 e. The molecule has 100 valence electrons. The minimum absolute atomic E-state index is 0.102. The highest BCUT2D eigenvalue weighted by Crippen LogP contribution is 2.22.